The quantitative estimate of drug-likeness (QED) is 0.204. The van der Waals surface area contributed by atoms with E-state index in [1.165, 1.54) is 0 Å². The van der Waals surface area contributed by atoms with Gasteiger partial charge in [0, 0.05) is 25.2 Å². The number of benzene rings is 4. The molecule has 9 heteroatoms. The van der Waals surface area contributed by atoms with E-state index >= 15 is 0 Å². The van der Waals surface area contributed by atoms with Crippen LogP contribution in [0.5, 0.6) is 5.75 Å². The normalized spacial score (nSPS) is 20.6. The van der Waals surface area contributed by atoms with Crippen molar-refractivity contribution >= 4 is 29.4 Å². The van der Waals surface area contributed by atoms with Gasteiger partial charge in [0.25, 0.3) is 0 Å². The van der Waals surface area contributed by atoms with Crippen LogP contribution < -0.4 is 15.4 Å². The van der Waals surface area contributed by atoms with Crippen molar-refractivity contribution in [2.75, 3.05) is 6.61 Å². The van der Waals surface area contributed by atoms with E-state index in [0.717, 1.165) is 22.3 Å². The number of carboxylic acids is 1. The van der Waals surface area contributed by atoms with Crippen LogP contribution in [-0.4, -0.2) is 53.1 Å². The number of fused-ring (bicyclic) bond motifs is 16. The van der Waals surface area contributed by atoms with Crippen molar-refractivity contribution in [3.05, 3.63) is 126 Å². The maximum atomic E-state index is 14.2. The molecule has 0 saturated heterocycles. The summed E-state index contributed by atoms with van der Waals surface area (Å²) in [6, 6.07) is 31.8. The Morgan fingerprint density at radius 3 is 1.96 bits per heavy atom. The minimum Gasteiger partial charge on any atom is -0.486 e. The average Bonchev–Trinajstić information content (AvgIpc) is 3.15. The Labute approximate surface area is 304 Å². The Hall–Kier alpha value is -5.57. The molecule has 0 aromatic heterocycles. The third-order valence-electron chi connectivity index (χ3n) is 9.59. The molecule has 2 aliphatic heterocycles. The monoisotopic (exact) mass is 702 g/mol. The van der Waals surface area contributed by atoms with Gasteiger partial charge in [-0.25, -0.2) is 0 Å². The number of aryl methyl sites for hydroxylation is 1. The number of ether oxygens (including phenoxy) is 1. The molecule has 0 radical (unpaired) electrons. The molecule has 270 valence electrons. The van der Waals surface area contributed by atoms with Gasteiger partial charge in [0.15, 0.2) is 11.6 Å². The molecule has 0 unspecified atom stereocenters. The van der Waals surface area contributed by atoms with Gasteiger partial charge in [-0.05, 0) is 65.1 Å². The van der Waals surface area contributed by atoms with Crippen LogP contribution in [0.15, 0.2) is 109 Å². The van der Waals surface area contributed by atoms with E-state index in [9.17, 15) is 29.1 Å². The van der Waals surface area contributed by atoms with Crippen LogP contribution in [-0.2, 0) is 43.2 Å². The highest BCUT2D eigenvalue weighted by Gasteiger charge is 2.33. The van der Waals surface area contributed by atoms with Gasteiger partial charge < -0.3 is 20.5 Å². The molecule has 2 bridgehead atoms. The van der Waals surface area contributed by atoms with Crippen LogP contribution in [0.2, 0.25) is 0 Å². The molecule has 9 nitrogen and oxygen atoms in total. The fraction of sp³-hybridized carbons (Fsp3) is 0.326. The van der Waals surface area contributed by atoms with Gasteiger partial charge in [-0.1, -0.05) is 111 Å². The molecular weight excluding hydrogens is 656 g/mol. The highest BCUT2D eigenvalue weighted by molar-refractivity contribution is 5.95. The van der Waals surface area contributed by atoms with E-state index in [0.29, 0.717) is 17.7 Å². The van der Waals surface area contributed by atoms with Crippen LogP contribution in [0.1, 0.15) is 49.8 Å². The fourth-order valence-electron chi connectivity index (χ4n) is 6.47. The summed E-state index contributed by atoms with van der Waals surface area (Å²) in [5.41, 5.74) is 4.47. The van der Waals surface area contributed by atoms with Crippen molar-refractivity contribution in [1.29, 1.82) is 0 Å². The first-order valence-electron chi connectivity index (χ1n) is 17.8. The zero-order valence-electron chi connectivity index (χ0n) is 29.6. The Morgan fingerprint density at radius 2 is 1.33 bits per heavy atom. The van der Waals surface area contributed by atoms with E-state index in [-0.39, 0.29) is 50.4 Å². The summed E-state index contributed by atoms with van der Waals surface area (Å²) >= 11 is 0. The molecule has 52 heavy (non-hydrogen) atoms. The molecule has 0 fully saturated rings. The maximum absolute atomic E-state index is 14.2. The summed E-state index contributed by atoms with van der Waals surface area (Å²) in [7, 11) is 0. The average molecular weight is 703 g/mol. The molecule has 4 aromatic carbocycles. The Bertz CT molecular complexity index is 1820. The fourth-order valence-corrected chi connectivity index (χ4v) is 6.47. The summed E-state index contributed by atoms with van der Waals surface area (Å²) in [6.45, 7) is 3.45. The maximum Gasteiger partial charge on any atom is 0.307 e. The number of nitrogens with one attached hydrogen (secondary N) is 2. The molecule has 0 aliphatic carbocycles. The third-order valence-corrected chi connectivity index (χ3v) is 9.59. The Balaban J connectivity index is 1.47. The number of carbonyl (C=O) groups is 5. The number of ketones is 2. The lowest BCUT2D eigenvalue weighted by atomic mass is 9.89. The molecule has 0 saturated carbocycles. The predicted molar refractivity (Wildman–Crippen MR) is 199 cm³/mol. The van der Waals surface area contributed by atoms with E-state index in [1.54, 1.807) is 24.3 Å². The van der Waals surface area contributed by atoms with Crippen molar-refractivity contribution in [2.24, 2.45) is 17.8 Å². The van der Waals surface area contributed by atoms with Gasteiger partial charge in [-0.2, -0.15) is 0 Å². The predicted octanol–water partition coefficient (Wildman–Crippen LogP) is 6.03. The largest absolute Gasteiger partial charge is 0.486 e. The number of aliphatic carboxylic acids is 1. The molecule has 6 rings (SSSR count). The molecule has 2 heterocycles. The molecule has 2 aliphatic rings. The smallest absolute Gasteiger partial charge is 0.307 e. The minimum atomic E-state index is -1.12. The van der Waals surface area contributed by atoms with E-state index < -0.39 is 47.5 Å². The van der Waals surface area contributed by atoms with Crippen LogP contribution in [0, 0.1) is 17.8 Å². The summed E-state index contributed by atoms with van der Waals surface area (Å²) in [5.74, 6) is -4.39. The lowest BCUT2D eigenvalue weighted by Gasteiger charge is -2.26. The van der Waals surface area contributed by atoms with Crippen LogP contribution in [0.4, 0.5) is 0 Å². The first kappa shape index (κ1) is 37.7. The Morgan fingerprint density at radius 1 is 0.712 bits per heavy atom. The summed E-state index contributed by atoms with van der Waals surface area (Å²) < 4.78 is 5.71. The van der Waals surface area contributed by atoms with Gasteiger partial charge in [0.05, 0.1) is 12.0 Å². The zero-order chi connectivity index (χ0) is 37.0. The van der Waals surface area contributed by atoms with Crippen molar-refractivity contribution < 1.29 is 33.8 Å². The standard InChI is InChI=1S/C43H46N2O7/c1-28(2)37-26-35(46)27-52-36-20-15-30(16-21-36)23-34(43(50)51)25-40(47)38(22-17-29-9-5-3-6-10-29)44-42(49)39(45-41(37)48)24-31-13-18-33(19-14-31)32-11-7-4-8-12-32/h3-16,18-21,28,34,37-39H,17,22-27H2,1-2H3,(H,44,49)(H,45,48)(H,50,51)/t34-,37+,38+,39-/m1/s1. The molecule has 4 aromatic rings. The molecule has 3 N–H and O–H groups in total. The van der Waals surface area contributed by atoms with Crippen molar-refractivity contribution in [3.8, 4) is 16.9 Å². The number of carboxylic acid groups (broad SMARTS) is 1. The van der Waals surface area contributed by atoms with Gasteiger partial charge in [-0.15, -0.1) is 0 Å². The van der Waals surface area contributed by atoms with Gasteiger partial charge in [0.1, 0.15) is 18.4 Å². The van der Waals surface area contributed by atoms with Crippen molar-refractivity contribution in [2.45, 2.75) is 64.5 Å². The molecule has 4 atom stereocenters. The van der Waals surface area contributed by atoms with E-state index in [2.05, 4.69) is 10.6 Å². The molecule has 0 spiro atoms. The summed E-state index contributed by atoms with van der Waals surface area (Å²) in [5, 5.41) is 15.9. The second-order valence-electron chi connectivity index (χ2n) is 13.8. The lowest BCUT2D eigenvalue weighted by Crippen LogP contribution is -2.54. The van der Waals surface area contributed by atoms with Crippen molar-refractivity contribution in [1.82, 2.24) is 10.6 Å². The zero-order valence-corrected chi connectivity index (χ0v) is 29.6. The number of hydrogen-bond acceptors (Lipinski definition) is 6. The van der Waals surface area contributed by atoms with Gasteiger partial charge in [0.2, 0.25) is 11.8 Å². The van der Waals surface area contributed by atoms with Crippen LogP contribution >= 0.6 is 0 Å². The minimum absolute atomic E-state index is 0.0832. The summed E-state index contributed by atoms with van der Waals surface area (Å²) in [4.78, 5) is 67.5. The van der Waals surface area contributed by atoms with Gasteiger partial charge in [-0.3, -0.25) is 24.0 Å². The first-order valence-corrected chi connectivity index (χ1v) is 17.8. The number of Topliss-reactive ketones (excluding diaryl/α,β-unsaturated/α-hetero) is 2. The number of carbonyl (C=O) groups excluding carboxylic acids is 4. The van der Waals surface area contributed by atoms with E-state index in [1.807, 2.05) is 98.8 Å². The molecule has 2 amide bonds. The second-order valence-corrected chi connectivity index (χ2v) is 13.8. The van der Waals surface area contributed by atoms with Crippen LogP contribution in [0.3, 0.4) is 0 Å². The number of hydrogen-bond donors (Lipinski definition) is 3. The topological polar surface area (TPSA) is 139 Å². The highest BCUT2D eigenvalue weighted by Crippen LogP contribution is 2.23. The summed E-state index contributed by atoms with van der Waals surface area (Å²) in [6.07, 6.45) is 0.539. The Kier molecular flexibility index (Phi) is 13.1. The highest BCUT2D eigenvalue weighted by atomic mass is 16.5. The first-order chi connectivity index (χ1) is 25.0. The SMILES string of the molecule is CC(C)[C@@H]1CC(=O)COc2ccc(cc2)C[C@@H](C(=O)O)CC(=O)[C@H](CCc2ccccc2)NC(=O)[C@@H](Cc2ccc(-c3ccccc3)cc2)NC1=O. The number of rotatable bonds is 8. The van der Waals surface area contributed by atoms with Crippen molar-refractivity contribution in [3.63, 3.8) is 0 Å². The second kappa shape index (κ2) is 18.1. The third kappa shape index (κ3) is 10.7. The number of amides is 2. The lowest BCUT2D eigenvalue weighted by molar-refractivity contribution is -0.144. The van der Waals surface area contributed by atoms with Crippen LogP contribution in [0.25, 0.3) is 11.1 Å². The van der Waals surface area contributed by atoms with Gasteiger partial charge >= 0.3 is 5.97 Å². The molecular formula is C43H46N2O7. The van der Waals surface area contributed by atoms with E-state index in [4.69, 9.17) is 4.74 Å².